The zero-order chi connectivity index (χ0) is 12.1. The third-order valence-electron chi connectivity index (χ3n) is 4.16. The van der Waals surface area contributed by atoms with Crippen LogP contribution < -0.4 is 0 Å². The highest BCUT2D eigenvalue weighted by atomic mass is 14.2. The molecule has 0 saturated carbocycles. The fourth-order valence-electron chi connectivity index (χ4n) is 3.07. The van der Waals surface area contributed by atoms with E-state index in [2.05, 4.69) is 32.0 Å². The number of benzene rings is 1. The number of rotatable bonds is 5. The second-order valence-electron chi connectivity index (χ2n) is 5.73. The van der Waals surface area contributed by atoms with Crippen LogP contribution in [0, 0.1) is 12.8 Å². The van der Waals surface area contributed by atoms with Crippen molar-refractivity contribution in [3.8, 4) is 0 Å². The molecule has 0 heterocycles. The molecule has 1 aromatic rings. The molecule has 1 unspecified atom stereocenters. The minimum Gasteiger partial charge on any atom is -0.0654 e. The lowest BCUT2D eigenvalue weighted by molar-refractivity contribution is 0.406. The first kappa shape index (κ1) is 12.7. The Bertz CT molecular complexity index is 351. The summed E-state index contributed by atoms with van der Waals surface area (Å²) in [7, 11) is 0. The highest BCUT2D eigenvalue weighted by Gasteiger charge is 2.17. The monoisotopic (exact) mass is 230 g/mol. The van der Waals surface area contributed by atoms with Gasteiger partial charge < -0.3 is 0 Å². The molecule has 0 radical (unpaired) electrons. The fourth-order valence-corrected chi connectivity index (χ4v) is 3.07. The Morgan fingerprint density at radius 3 is 2.82 bits per heavy atom. The zero-order valence-electron chi connectivity index (χ0n) is 11.5. The van der Waals surface area contributed by atoms with E-state index < -0.39 is 0 Å². The SMILES string of the molecule is CCCCCCC1CCc2cc(C)ccc2C1. The predicted octanol–water partition coefficient (Wildman–Crippen LogP) is 5.07. The second-order valence-corrected chi connectivity index (χ2v) is 5.73. The Hall–Kier alpha value is -0.780. The maximum absolute atomic E-state index is 2.39. The van der Waals surface area contributed by atoms with Gasteiger partial charge in [-0.15, -0.1) is 0 Å². The van der Waals surface area contributed by atoms with Gasteiger partial charge in [0.25, 0.3) is 0 Å². The van der Waals surface area contributed by atoms with Crippen molar-refractivity contribution in [1.29, 1.82) is 0 Å². The molecule has 0 aromatic heterocycles. The van der Waals surface area contributed by atoms with Gasteiger partial charge in [-0.05, 0) is 43.2 Å². The van der Waals surface area contributed by atoms with Crippen LogP contribution in [0.2, 0.25) is 0 Å². The maximum Gasteiger partial charge on any atom is -0.0248 e. The van der Waals surface area contributed by atoms with Crippen LogP contribution >= 0.6 is 0 Å². The van der Waals surface area contributed by atoms with E-state index in [-0.39, 0.29) is 0 Å². The van der Waals surface area contributed by atoms with Crippen molar-refractivity contribution in [2.75, 3.05) is 0 Å². The largest absolute Gasteiger partial charge is 0.0654 e. The Morgan fingerprint density at radius 1 is 1.12 bits per heavy atom. The summed E-state index contributed by atoms with van der Waals surface area (Å²) in [5, 5.41) is 0. The van der Waals surface area contributed by atoms with Crippen molar-refractivity contribution < 1.29 is 0 Å². The molecule has 1 aromatic carbocycles. The predicted molar refractivity (Wildman–Crippen MR) is 75.5 cm³/mol. The first-order valence-electron chi connectivity index (χ1n) is 7.38. The molecule has 0 heteroatoms. The fraction of sp³-hybridized carbons (Fsp3) is 0.647. The van der Waals surface area contributed by atoms with E-state index in [1.165, 1.54) is 56.9 Å². The Balaban J connectivity index is 1.84. The quantitative estimate of drug-likeness (QED) is 0.619. The van der Waals surface area contributed by atoms with Crippen molar-refractivity contribution in [1.82, 2.24) is 0 Å². The van der Waals surface area contributed by atoms with Gasteiger partial charge in [-0.1, -0.05) is 62.8 Å². The molecule has 0 fully saturated rings. The zero-order valence-corrected chi connectivity index (χ0v) is 11.5. The highest BCUT2D eigenvalue weighted by Crippen LogP contribution is 2.29. The van der Waals surface area contributed by atoms with E-state index in [1.54, 1.807) is 11.1 Å². The van der Waals surface area contributed by atoms with Gasteiger partial charge in [0.15, 0.2) is 0 Å². The number of aryl methyl sites for hydroxylation is 2. The molecule has 0 N–H and O–H groups in total. The number of hydrogen-bond acceptors (Lipinski definition) is 0. The molecular formula is C17H26. The third-order valence-corrected chi connectivity index (χ3v) is 4.16. The van der Waals surface area contributed by atoms with E-state index in [4.69, 9.17) is 0 Å². The molecule has 1 aliphatic carbocycles. The van der Waals surface area contributed by atoms with Gasteiger partial charge in [-0.2, -0.15) is 0 Å². The van der Waals surface area contributed by atoms with Gasteiger partial charge in [0.1, 0.15) is 0 Å². The molecule has 94 valence electrons. The van der Waals surface area contributed by atoms with E-state index in [1.807, 2.05) is 0 Å². The first-order chi connectivity index (χ1) is 8.29. The summed E-state index contributed by atoms with van der Waals surface area (Å²) in [6.07, 6.45) is 11.2. The van der Waals surface area contributed by atoms with E-state index in [0.717, 1.165) is 5.92 Å². The molecule has 0 nitrogen and oxygen atoms in total. The smallest absolute Gasteiger partial charge is 0.0248 e. The summed E-state index contributed by atoms with van der Waals surface area (Å²) >= 11 is 0. The van der Waals surface area contributed by atoms with Gasteiger partial charge in [-0.25, -0.2) is 0 Å². The number of fused-ring (bicyclic) bond motifs is 1. The van der Waals surface area contributed by atoms with Crippen LogP contribution in [0.25, 0.3) is 0 Å². The van der Waals surface area contributed by atoms with Crippen molar-refractivity contribution in [3.05, 3.63) is 34.9 Å². The van der Waals surface area contributed by atoms with Crippen LogP contribution in [-0.2, 0) is 12.8 Å². The van der Waals surface area contributed by atoms with Gasteiger partial charge in [0.05, 0.1) is 0 Å². The molecule has 1 atom stereocenters. The van der Waals surface area contributed by atoms with Crippen molar-refractivity contribution in [3.63, 3.8) is 0 Å². The Labute approximate surface area is 106 Å². The molecule has 2 rings (SSSR count). The lowest BCUT2D eigenvalue weighted by Gasteiger charge is -2.25. The lowest BCUT2D eigenvalue weighted by atomic mass is 9.81. The van der Waals surface area contributed by atoms with Crippen LogP contribution in [0.5, 0.6) is 0 Å². The summed E-state index contributed by atoms with van der Waals surface area (Å²) in [6.45, 7) is 4.50. The molecule has 1 aliphatic rings. The van der Waals surface area contributed by atoms with Crippen molar-refractivity contribution in [2.45, 2.75) is 65.2 Å². The van der Waals surface area contributed by atoms with Gasteiger partial charge in [-0.3, -0.25) is 0 Å². The first-order valence-corrected chi connectivity index (χ1v) is 7.38. The van der Waals surface area contributed by atoms with E-state index >= 15 is 0 Å². The topological polar surface area (TPSA) is 0 Å². The van der Waals surface area contributed by atoms with Crippen LogP contribution in [0.3, 0.4) is 0 Å². The maximum atomic E-state index is 2.39. The highest BCUT2D eigenvalue weighted by molar-refractivity contribution is 5.33. The average molecular weight is 230 g/mol. The van der Waals surface area contributed by atoms with E-state index in [9.17, 15) is 0 Å². The summed E-state index contributed by atoms with van der Waals surface area (Å²) in [4.78, 5) is 0. The Morgan fingerprint density at radius 2 is 2.00 bits per heavy atom. The molecule has 0 bridgehead atoms. The number of unbranched alkanes of at least 4 members (excludes halogenated alkanes) is 3. The number of hydrogen-bond donors (Lipinski definition) is 0. The Kier molecular flexibility index (Phi) is 4.65. The summed E-state index contributed by atoms with van der Waals surface area (Å²) in [6, 6.07) is 7.03. The summed E-state index contributed by atoms with van der Waals surface area (Å²) in [5.74, 6) is 0.960. The molecule has 17 heavy (non-hydrogen) atoms. The normalized spacial score (nSPS) is 19.1. The summed E-state index contributed by atoms with van der Waals surface area (Å²) in [5.41, 5.74) is 4.67. The van der Waals surface area contributed by atoms with Crippen molar-refractivity contribution >= 4 is 0 Å². The third kappa shape index (κ3) is 3.59. The lowest BCUT2D eigenvalue weighted by Crippen LogP contribution is -2.14. The van der Waals surface area contributed by atoms with Crippen LogP contribution in [0.1, 0.15) is 62.1 Å². The summed E-state index contributed by atoms with van der Waals surface area (Å²) < 4.78 is 0. The molecule has 0 amide bonds. The van der Waals surface area contributed by atoms with Gasteiger partial charge in [0.2, 0.25) is 0 Å². The standard InChI is InChI=1S/C17H26/c1-3-4-5-6-7-15-9-11-16-12-14(2)8-10-17(16)13-15/h8,10,12,15H,3-7,9,11,13H2,1-2H3. The van der Waals surface area contributed by atoms with Crippen LogP contribution in [0.4, 0.5) is 0 Å². The average Bonchev–Trinajstić information content (AvgIpc) is 2.35. The van der Waals surface area contributed by atoms with Crippen LogP contribution in [-0.4, -0.2) is 0 Å². The van der Waals surface area contributed by atoms with Gasteiger partial charge in [0, 0.05) is 0 Å². The second kappa shape index (κ2) is 6.23. The molecule has 0 spiro atoms. The molecule has 0 aliphatic heterocycles. The van der Waals surface area contributed by atoms with Gasteiger partial charge >= 0.3 is 0 Å². The van der Waals surface area contributed by atoms with Crippen LogP contribution in [0.15, 0.2) is 18.2 Å². The molecular weight excluding hydrogens is 204 g/mol. The minimum absolute atomic E-state index is 0.960. The minimum atomic E-state index is 0.960. The van der Waals surface area contributed by atoms with E-state index in [0.29, 0.717) is 0 Å². The van der Waals surface area contributed by atoms with Crippen molar-refractivity contribution in [2.24, 2.45) is 5.92 Å². The molecule has 0 saturated heterocycles.